The predicted octanol–water partition coefficient (Wildman–Crippen LogP) is 5.99. The molecule has 0 saturated heterocycles. The van der Waals surface area contributed by atoms with Crippen molar-refractivity contribution in [3.63, 3.8) is 0 Å². The minimum atomic E-state index is -6.39. The Bertz CT molecular complexity index is 804. The summed E-state index contributed by atoms with van der Waals surface area (Å²) in [6.07, 6.45) is -32.9. The molecule has 0 aliphatic carbocycles. The van der Waals surface area contributed by atoms with E-state index in [9.17, 15) is 70.7 Å². The number of ether oxygens (including phenoxy) is 5. The normalized spacial score (nSPS) is 13.4. The van der Waals surface area contributed by atoms with Crippen molar-refractivity contribution < 1.29 is 94.3 Å². The van der Waals surface area contributed by atoms with Crippen LogP contribution in [0.3, 0.4) is 0 Å². The molecule has 0 unspecified atom stereocenters. The lowest BCUT2D eigenvalue weighted by Crippen LogP contribution is -2.28. The van der Waals surface area contributed by atoms with Crippen LogP contribution in [-0.4, -0.2) is 38.1 Å². The van der Waals surface area contributed by atoms with Crippen LogP contribution in [0, 0.1) is 0 Å². The second kappa shape index (κ2) is 8.65. The molecule has 6 nitrogen and oxygen atoms in total. The monoisotopic (exact) mass is 526 g/mol. The summed E-state index contributed by atoms with van der Waals surface area (Å²) in [4.78, 5) is 11.0. The van der Waals surface area contributed by atoms with Crippen molar-refractivity contribution in [3.05, 3.63) is 5.56 Å². The Morgan fingerprint density at radius 1 is 0.394 bits per heavy atom. The molecule has 0 radical (unpaired) electrons. The first-order valence-corrected chi connectivity index (χ1v) is 6.90. The highest BCUT2D eigenvalue weighted by Crippen LogP contribution is 2.58. The molecule has 21 heteroatoms. The summed E-state index contributed by atoms with van der Waals surface area (Å²) < 4.78 is 203. The Labute approximate surface area is 168 Å². The molecular formula is C12HF15O6. The highest BCUT2D eigenvalue weighted by molar-refractivity contribution is 5.90. The van der Waals surface area contributed by atoms with Crippen LogP contribution in [0.5, 0.6) is 28.7 Å². The Morgan fingerprint density at radius 3 is 0.758 bits per heavy atom. The molecule has 0 aliphatic heterocycles. The van der Waals surface area contributed by atoms with Crippen LogP contribution in [0.15, 0.2) is 0 Å². The van der Waals surface area contributed by atoms with E-state index in [1.54, 1.807) is 0 Å². The van der Waals surface area contributed by atoms with Gasteiger partial charge in [-0.25, -0.2) is 0 Å². The van der Waals surface area contributed by atoms with Gasteiger partial charge >= 0.3 is 31.8 Å². The van der Waals surface area contributed by atoms with E-state index in [4.69, 9.17) is 0 Å². The number of carbonyl (C=O) groups is 1. The van der Waals surface area contributed by atoms with E-state index in [1.807, 2.05) is 0 Å². The Hall–Kier alpha value is -3.16. The minimum absolute atomic E-state index is 1.29. The number of benzene rings is 1. The third-order valence-electron chi connectivity index (χ3n) is 2.52. The van der Waals surface area contributed by atoms with Crippen molar-refractivity contribution in [1.29, 1.82) is 0 Å². The van der Waals surface area contributed by atoms with E-state index in [2.05, 4.69) is 23.7 Å². The van der Waals surface area contributed by atoms with E-state index < -0.39 is 72.4 Å². The van der Waals surface area contributed by atoms with Crippen LogP contribution in [-0.2, 0) is 0 Å². The number of alkyl halides is 15. The maximum Gasteiger partial charge on any atom is 0.573 e. The van der Waals surface area contributed by atoms with Gasteiger partial charge in [-0.3, -0.25) is 4.79 Å². The van der Waals surface area contributed by atoms with Gasteiger partial charge in [-0.1, -0.05) is 0 Å². The minimum Gasteiger partial charge on any atom is -0.401 e. The lowest BCUT2D eigenvalue weighted by molar-refractivity contribution is -0.300. The number of aldehydes is 1. The molecule has 0 aliphatic rings. The van der Waals surface area contributed by atoms with Crippen molar-refractivity contribution in [3.8, 4) is 28.7 Å². The van der Waals surface area contributed by atoms with Crippen molar-refractivity contribution in [2.75, 3.05) is 0 Å². The molecule has 0 N–H and O–H groups in total. The second-order valence-electron chi connectivity index (χ2n) is 4.92. The fourth-order valence-corrected chi connectivity index (χ4v) is 1.82. The Balaban J connectivity index is 4.29. The van der Waals surface area contributed by atoms with Gasteiger partial charge in [0.05, 0.1) is 0 Å². The summed E-state index contributed by atoms with van der Waals surface area (Å²) in [5, 5.41) is 0. The first kappa shape index (κ1) is 27.9. The molecule has 1 aromatic carbocycles. The molecule has 1 rings (SSSR count). The van der Waals surface area contributed by atoms with E-state index in [0.717, 1.165) is 0 Å². The van der Waals surface area contributed by atoms with Gasteiger partial charge in [0.2, 0.25) is 17.2 Å². The van der Waals surface area contributed by atoms with Gasteiger partial charge in [-0.2, -0.15) is 0 Å². The molecule has 0 aromatic heterocycles. The van der Waals surface area contributed by atoms with E-state index in [-0.39, 0.29) is 0 Å². The lowest BCUT2D eigenvalue weighted by Gasteiger charge is -2.25. The average Bonchev–Trinajstić information content (AvgIpc) is 2.48. The van der Waals surface area contributed by atoms with Crippen LogP contribution in [0.2, 0.25) is 0 Å². The lowest BCUT2D eigenvalue weighted by atomic mass is 10.1. The van der Waals surface area contributed by atoms with Gasteiger partial charge in [0.1, 0.15) is 5.56 Å². The third kappa shape index (κ3) is 9.08. The zero-order chi connectivity index (χ0) is 26.2. The van der Waals surface area contributed by atoms with Crippen LogP contribution >= 0.6 is 0 Å². The van der Waals surface area contributed by atoms with Crippen LogP contribution < -0.4 is 23.7 Å². The van der Waals surface area contributed by atoms with Gasteiger partial charge in [0, 0.05) is 0 Å². The number of halogens is 15. The number of hydrogen-bond donors (Lipinski definition) is 0. The predicted molar refractivity (Wildman–Crippen MR) is 65.2 cm³/mol. The fourth-order valence-electron chi connectivity index (χ4n) is 1.82. The Kier molecular flexibility index (Phi) is 7.30. The zero-order valence-electron chi connectivity index (χ0n) is 14.2. The number of carbonyl (C=O) groups excluding carboxylic acids is 1. The molecule has 0 spiro atoms. The summed E-state index contributed by atoms with van der Waals surface area (Å²) in [6, 6.07) is 0. The maximum absolute atomic E-state index is 12.6. The van der Waals surface area contributed by atoms with Crippen molar-refractivity contribution in [1.82, 2.24) is 0 Å². The topological polar surface area (TPSA) is 63.2 Å². The SMILES string of the molecule is O=Cc1c(OC(F)(F)F)c(OC(F)(F)F)c(OC(F)(F)F)c(OC(F)(F)F)c1OC(F)(F)F. The molecule has 33 heavy (non-hydrogen) atoms. The second-order valence-corrected chi connectivity index (χ2v) is 4.92. The van der Waals surface area contributed by atoms with Crippen molar-refractivity contribution in [2.45, 2.75) is 31.8 Å². The van der Waals surface area contributed by atoms with E-state index in [1.165, 1.54) is 0 Å². The van der Waals surface area contributed by atoms with E-state index in [0.29, 0.717) is 0 Å². The summed E-state index contributed by atoms with van der Waals surface area (Å²) in [5.74, 6) is -15.3. The fraction of sp³-hybridized carbons (Fsp3) is 0.417. The molecule has 0 fully saturated rings. The number of hydrogen-bond acceptors (Lipinski definition) is 6. The standard InChI is InChI=1S/C12HF15O6/c13-8(14,15)29-3-2(1-28)4(30-9(16,17)18)6(32-11(22,23)24)7(33-12(25,26)27)5(3)31-10(19,20)21/h1H. The molecular weight excluding hydrogens is 525 g/mol. The van der Waals surface area contributed by atoms with Gasteiger partial charge < -0.3 is 23.7 Å². The summed E-state index contributed by atoms with van der Waals surface area (Å²) in [6.45, 7) is 0. The first-order valence-electron chi connectivity index (χ1n) is 6.90. The van der Waals surface area contributed by atoms with Crippen LogP contribution in [0.1, 0.15) is 10.4 Å². The quantitative estimate of drug-likeness (QED) is 0.335. The van der Waals surface area contributed by atoms with Gasteiger partial charge in [0.25, 0.3) is 0 Å². The smallest absolute Gasteiger partial charge is 0.401 e. The van der Waals surface area contributed by atoms with Crippen molar-refractivity contribution in [2.24, 2.45) is 0 Å². The van der Waals surface area contributed by atoms with Crippen molar-refractivity contribution >= 4 is 6.29 Å². The zero-order valence-corrected chi connectivity index (χ0v) is 14.2. The summed E-state index contributed by atoms with van der Waals surface area (Å²) in [5.41, 5.74) is -2.59. The summed E-state index contributed by atoms with van der Waals surface area (Å²) in [7, 11) is 0. The molecule has 0 bridgehead atoms. The highest BCUT2D eigenvalue weighted by atomic mass is 19.4. The first-order chi connectivity index (χ1) is 14.4. The molecule has 1 aromatic rings. The van der Waals surface area contributed by atoms with Gasteiger partial charge in [-0.05, 0) is 0 Å². The summed E-state index contributed by atoms with van der Waals surface area (Å²) >= 11 is 0. The van der Waals surface area contributed by atoms with Gasteiger partial charge in [-0.15, -0.1) is 65.9 Å². The molecule has 0 amide bonds. The molecule has 0 heterocycles. The highest BCUT2D eigenvalue weighted by Gasteiger charge is 2.49. The number of rotatable bonds is 6. The van der Waals surface area contributed by atoms with Crippen LogP contribution in [0.25, 0.3) is 0 Å². The third-order valence-corrected chi connectivity index (χ3v) is 2.52. The van der Waals surface area contributed by atoms with Gasteiger partial charge in [0.15, 0.2) is 17.8 Å². The maximum atomic E-state index is 12.6. The Morgan fingerprint density at radius 2 is 0.576 bits per heavy atom. The molecule has 190 valence electrons. The largest absolute Gasteiger partial charge is 0.573 e. The van der Waals surface area contributed by atoms with E-state index >= 15 is 0 Å². The molecule has 0 saturated carbocycles. The van der Waals surface area contributed by atoms with Crippen LogP contribution in [0.4, 0.5) is 65.9 Å². The average molecular weight is 526 g/mol. The molecule has 0 atom stereocenters.